The van der Waals surface area contributed by atoms with Crippen LogP contribution in [-0.4, -0.2) is 27.0 Å². The van der Waals surface area contributed by atoms with Crippen LogP contribution in [0.2, 0.25) is 0 Å². The fourth-order valence-corrected chi connectivity index (χ4v) is 2.13. The Kier molecular flexibility index (Phi) is 4.32. The molecule has 110 valence electrons. The molecule has 0 aliphatic heterocycles. The molecule has 0 saturated carbocycles. The Balaban J connectivity index is 2.33. The fraction of sp³-hybridized carbons (Fsp3) is 0.286. The van der Waals surface area contributed by atoms with E-state index in [-0.39, 0.29) is 18.2 Å². The number of carboxylic acid groups (broad SMARTS) is 1. The summed E-state index contributed by atoms with van der Waals surface area (Å²) >= 11 is 0. The van der Waals surface area contributed by atoms with Crippen LogP contribution in [-0.2, 0) is 4.79 Å². The molecule has 2 rings (SSSR count). The number of pyridine rings is 1. The molecule has 1 aromatic heterocycles. The van der Waals surface area contributed by atoms with Gasteiger partial charge in [0.05, 0.1) is 15.8 Å². The van der Waals surface area contributed by atoms with Gasteiger partial charge < -0.3 is 10.4 Å². The fourth-order valence-electron chi connectivity index (χ4n) is 2.13. The summed E-state index contributed by atoms with van der Waals surface area (Å²) in [6.07, 6.45) is 1.98. The van der Waals surface area contributed by atoms with Gasteiger partial charge in [-0.3, -0.25) is 19.9 Å². The molecule has 0 amide bonds. The number of aliphatic carboxylic acids is 1. The van der Waals surface area contributed by atoms with Crippen molar-refractivity contribution in [3.05, 3.63) is 40.6 Å². The third kappa shape index (κ3) is 3.44. The second-order valence-corrected chi connectivity index (χ2v) is 4.77. The maximum atomic E-state index is 11.3. The molecule has 7 heteroatoms. The number of nitro benzene ring substituents is 1. The van der Waals surface area contributed by atoms with Gasteiger partial charge in [0.25, 0.3) is 0 Å². The van der Waals surface area contributed by atoms with Crippen molar-refractivity contribution in [3.63, 3.8) is 0 Å². The number of nitrogens with zero attached hydrogens (tertiary/aromatic N) is 2. The highest BCUT2D eigenvalue weighted by molar-refractivity contribution is 5.94. The second-order valence-electron chi connectivity index (χ2n) is 4.77. The van der Waals surface area contributed by atoms with Crippen molar-refractivity contribution in [1.29, 1.82) is 0 Å². The van der Waals surface area contributed by atoms with Crippen molar-refractivity contribution >= 4 is 28.2 Å². The lowest BCUT2D eigenvalue weighted by Gasteiger charge is -2.15. The van der Waals surface area contributed by atoms with Crippen molar-refractivity contribution in [2.75, 3.05) is 5.32 Å². The molecule has 1 aromatic carbocycles. The molecule has 0 radical (unpaired) electrons. The predicted molar refractivity (Wildman–Crippen MR) is 78.4 cm³/mol. The lowest BCUT2D eigenvalue weighted by Crippen LogP contribution is -2.17. The Hall–Kier alpha value is -2.70. The summed E-state index contributed by atoms with van der Waals surface area (Å²) in [5.41, 5.74) is 0.883. The van der Waals surface area contributed by atoms with Gasteiger partial charge in [0.2, 0.25) is 0 Å². The SMILES string of the molecule is CC(CCC(=O)O)Nc1ccc2ncccc2c1[N+](=O)[O-]. The molecule has 0 saturated heterocycles. The largest absolute Gasteiger partial charge is 0.481 e. The molecule has 1 atom stereocenters. The number of fused-ring (bicyclic) bond motifs is 1. The van der Waals surface area contributed by atoms with Gasteiger partial charge in [-0.2, -0.15) is 0 Å². The molecule has 0 bridgehead atoms. The van der Waals surface area contributed by atoms with E-state index < -0.39 is 10.9 Å². The van der Waals surface area contributed by atoms with E-state index >= 15 is 0 Å². The Morgan fingerprint density at radius 3 is 2.90 bits per heavy atom. The minimum atomic E-state index is -0.888. The van der Waals surface area contributed by atoms with Crippen molar-refractivity contribution in [2.24, 2.45) is 0 Å². The van der Waals surface area contributed by atoms with Crippen LogP contribution in [0.4, 0.5) is 11.4 Å². The quantitative estimate of drug-likeness (QED) is 0.625. The molecule has 2 N–H and O–H groups in total. The summed E-state index contributed by atoms with van der Waals surface area (Å²) in [6, 6.07) is 6.41. The minimum absolute atomic E-state index is 0.0110. The average Bonchev–Trinajstić information content (AvgIpc) is 2.44. The number of anilines is 1. The Morgan fingerprint density at radius 1 is 1.48 bits per heavy atom. The first-order valence-electron chi connectivity index (χ1n) is 6.49. The third-order valence-electron chi connectivity index (χ3n) is 3.13. The smallest absolute Gasteiger partial charge is 0.303 e. The molecule has 0 aliphatic rings. The maximum Gasteiger partial charge on any atom is 0.303 e. The predicted octanol–water partition coefficient (Wildman–Crippen LogP) is 2.81. The van der Waals surface area contributed by atoms with Gasteiger partial charge >= 0.3 is 11.7 Å². The molecular formula is C14H15N3O4. The number of benzene rings is 1. The first-order chi connectivity index (χ1) is 9.99. The van der Waals surface area contributed by atoms with Gasteiger partial charge in [-0.25, -0.2) is 0 Å². The highest BCUT2D eigenvalue weighted by atomic mass is 16.6. The van der Waals surface area contributed by atoms with E-state index in [0.717, 1.165) is 0 Å². The zero-order valence-corrected chi connectivity index (χ0v) is 11.4. The van der Waals surface area contributed by atoms with Gasteiger partial charge in [0.15, 0.2) is 0 Å². The molecular weight excluding hydrogens is 274 g/mol. The van der Waals surface area contributed by atoms with E-state index in [1.54, 1.807) is 37.4 Å². The number of nitrogens with one attached hydrogen (secondary N) is 1. The summed E-state index contributed by atoms with van der Waals surface area (Å²) in [6.45, 7) is 1.79. The van der Waals surface area contributed by atoms with Crippen LogP contribution in [0, 0.1) is 10.1 Å². The minimum Gasteiger partial charge on any atom is -0.481 e. The summed E-state index contributed by atoms with van der Waals surface area (Å²) < 4.78 is 0. The Bertz CT molecular complexity index is 687. The van der Waals surface area contributed by atoms with Crippen molar-refractivity contribution in [2.45, 2.75) is 25.8 Å². The zero-order chi connectivity index (χ0) is 15.4. The topological polar surface area (TPSA) is 105 Å². The number of carboxylic acids is 1. The van der Waals surface area contributed by atoms with Gasteiger partial charge in [-0.15, -0.1) is 0 Å². The first-order valence-corrected chi connectivity index (χ1v) is 6.49. The van der Waals surface area contributed by atoms with Crippen molar-refractivity contribution in [1.82, 2.24) is 4.98 Å². The van der Waals surface area contributed by atoms with Crippen molar-refractivity contribution in [3.8, 4) is 0 Å². The average molecular weight is 289 g/mol. The van der Waals surface area contributed by atoms with Crippen LogP contribution >= 0.6 is 0 Å². The number of carbonyl (C=O) groups is 1. The standard InChI is InChI=1S/C14H15N3O4/c1-9(4-7-13(18)19)16-12-6-5-11-10(3-2-8-15-11)14(12)17(20)21/h2-3,5-6,8-9,16H,4,7H2,1H3,(H,18,19). The lowest BCUT2D eigenvalue weighted by atomic mass is 10.1. The lowest BCUT2D eigenvalue weighted by molar-refractivity contribution is -0.382. The molecule has 2 aromatic rings. The summed E-state index contributed by atoms with van der Waals surface area (Å²) in [4.78, 5) is 25.5. The van der Waals surface area contributed by atoms with Gasteiger partial charge in [0, 0.05) is 18.7 Å². The summed E-state index contributed by atoms with van der Waals surface area (Å²) in [7, 11) is 0. The van der Waals surface area contributed by atoms with Crippen LogP contribution < -0.4 is 5.32 Å². The zero-order valence-electron chi connectivity index (χ0n) is 11.4. The van der Waals surface area contributed by atoms with E-state index in [4.69, 9.17) is 5.11 Å². The number of rotatable bonds is 6. The monoisotopic (exact) mass is 289 g/mol. The van der Waals surface area contributed by atoms with Crippen LogP contribution in [0.3, 0.4) is 0 Å². The highest BCUT2D eigenvalue weighted by Crippen LogP contribution is 2.33. The number of aromatic nitrogens is 1. The normalized spacial score (nSPS) is 12.0. The molecule has 1 unspecified atom stereocenters. The van der Waals surface area contributed by atoms with Gasteiger partial charge in [0.1, 0.15) is 5.69 Å². The van der Waals surface area contributed by atoms with Crippen molar-refractivity contribution < 1.29 is 14.8 Å². The summed E-state index contributed by atoms with van der Waals surface area (Å²) in [5.74, 6) is -0.888. The van der Waals surface area contributed by atoms with Crippen LogP contribution in [0.25, 0.3) is 10.9 Å². The second kappa shape index (κ2) is 6.17. The van der Waals surface area contributed by atoms with E-state index in [1.165, 1.54) is 0 Å². The van der Waals surface area contributed by atoms with E-state index in [1.807, 2.05) is 0 Å². The third-order valence-corrected chi connectivity index (χ3v) is 3.13. The summed E-state index contributed by atoms with van der Waals surface area (Å²) in [5, 5.41) is 23.5. The molecule has 0 spiro atoms. The molecule has 7 nitrogen and oxygen atoms in total. The van der Waals surface area contributed by atoms with Crippen LogP contribution in [0.1, 0.15) is 19.8 Å². The number of hydrogen-bond acceptors (Lipinski definition) is 5. The molecule has 0 fully saturated rings. The van der Waals surface area contributed by atoms with Crippen LogP contribution in [0.5, 0.6) is 0 Å². The number of nitro groups is 1. The van der Waals surface area contributed by atoms with Gasteiger partial charge in [-0.1, -0.05) is 0 Å². The van der Waals surface area contributed by atoms with E-state index in [9.17, 15) is 14.9 Å². The van der Waals surface area contributed by atoms with Crippen LogP contribution in [0.15, 0.2) is 30.5 Å². The Morgan fingerprint density at radius 2 is 2.24 bits per heavy atom. The van der Waals surface area contributed by atoms with E-state index in [2.05, 4.69) is 10.3 Å². The van der Waals surface area contributed by atoms with E-state index in [0.29, 0.717) is 23.0 Å². The number of hydrogen-bond donors (Lipinski definition) is 2. The highest BCUT2D eigenvalue weighted by Gasteiger charge is 2.20. The van der Waals surface area contributed by atoms with Gasteiger partial charge in [-0.05, 0) is 37.6 Å². The molecule has 0 aliphatic carbocycles. The molecule has 21 heavy (non-hydrogen) atoms. The molecule has 1 heterocycles. The Labute approximate surface area is 120 Å². The first kappa shape index (κ1) is 14.7. The maximum absolute atomic E-state index is 11.3.